The third-order valence-electron chi connectivity index (χ3n) is 19.2. The molecule has 1 saturated carbocycles. The third-order valence-corrected chi connectivity index (χ3v) is 19.5. The molecule has 10 atom stereocenters. The summed E-state index contributed by atoms with van der Waals surface area (Å²) in [5.74, 6) is -7.98. The van der Waals surface area contributed by atoms with E-state index in [1.54, 1.807) is 27.7 Å². The fourth-order valence-corrected chi connectivity index (χ4v) is 12.5. The molecular formula is C67H107ClF3N11O11. The van der Waals surface area contributed by atoms with Gasteiger partial charge in [0.25, 0.3) is 0 Å². The van der Waals surface area contributed by atoms with E-state index in [1.165, 1.54) is 93.6 Å². The number of aryl methyl sites for hydroxylation is 1. The van der Waals surface area contributed by atoms with Crippen LogP contribution in [0.25, 0.3) is 0 Å². The van der Waals surface area contributed by atoms with Crippen molar-refractivity contribution in [2.24, 2.45) is 29.6 Å². The van der Waals surface area contributed by atoms with E-state index in [-0.39, 0.29) is 87.1 Å². The largest absolute Gasteiger partial charge is 0.417 e. The van der Waals surface area contributed by atoms with Crippen LogP contribution in [-0.4, -0.2) is 215 Å². The summed E-state index contributed by atoms with van der Waals surface area (Å²) in [5, 5.41) is 10.7. The maximum absolute atomic E-state index is 14.9. The van der Waals surface area contributed by atoms with Crippen LogP contribution in [0.3, 0.4) is 0 Å². The quantitative estimate of drug-likeness (QED) is 0.167. The van der Waals surface area contributed by atoms with Gasteiger partial charge in [0, 0.05) is 61.3 Å². The van der Waals surface area contributed by atoms with E-state index in [4.69, 9.17) is 11.6 Å². The summed E-state index contributed by atoms with van der Waals surface area (Å²) >= 11 is 6.11. The second-order valence-electron chi connectivity index (χ2n) is 28.2. The van der Waals surface area contributed by atoms with Gasteiger partial charge in [-0.25, -0.2) is 0 Å². The van der Waals surface area contributed by atoms with Crippen LogP contribution in [0.5, 0.6) is 0 Å². The monoisotopic (exact) mass is 1330 g/mol. The van der Waals surface area contributed by atoms with Gasteiger partial charge in [-0.3, -0.25) is 52.7 Å². The highest BCUT2D eigenvalue weighted by atomic mass is 35.5. The minimum absolute atomic E-state index is 0.0271. The number of benzene rings is 1. The van der Waals surface area contributed by atoms with E-state index in [1.807, 2.05) is 34.6 Å². The second kappa shape index (κ2) is 34.2. The van der Waals surface area contributed by atoms with Crippen LogP contribution in [0.4, 0.5) is 13.2 Å². The first kappa shape index (κ1) is 78.9. The average molecular weight is 1340 g/mol. The normalized spacial score (nSPS) is 26.7. The lowest BCUT2D eigenvalue weighted by Gasteiger charge is -2.45. The lowest BCUT2D eigenvalue weighted by molar-refractivity contribution is -0.160. The molecule has 11 amide bonds. The van der Waals surface area contributed by atoms with Crippen molar-refractivity contribution < 1.29 is 65.9 Å². The predicted molar refractivity (Wildman–Crippen MR) is 348 cm³/mol. The van der Waals surface area contributed by atoms with Gasteiger partial charge in [-0.15, -0.1) is 0 Å². The molecule has 3 aliphatic rings. The van der Waals surface area contributed by atoms with E-state index < -0.39 is 154 Å². The molecule has 4 N–H and O–H groups in total. The fraction of sp³-hybridized carbons (Fsp3) is 0.746. The molecule has 0 bridgehead atoms. The molecular weight excluding hydrogens is 1230 g/mol. The van der Waals surface area contributed by atoms with Gasteiger partial charge in [-0.1, -0.05) is 112 Å². The van der Waals surface area contributed by atoms with Crippen molar-refractivity contribution in [1.82, 2.24) is 55.6 Å². The van der Waals surface area contributed by atoms with Gasteiger partial charge in [0.05, 0.1) is 17.1 Å². The number of fused-ring (bicyclic) bond motifs is 1. The van der Waals surface area contributed by atoms with Crippen molar-refractivity contribution in [1.29, 1.82) is 0 Å². The van der Waals surface area contributed by atoms with Gasteiger partial charge >= 0.3 is 6.18 Å². The van der Waals surface area contributed by atoms with Gasteiger partial charge < -0.3 is 55.6 Å². The topological polar surface area (TPSA) is 259 Å². The molecule has 93 heavy (non-hydrogen) atoms. The first-order valence-electron chi connectivity index (χ1n) is 33.1. The van der Waals surface area contributed by atoms with Gasteiger partial charge in [0.2, 0.25) is 65.0 Å². The number of nitrogens with zero attached hydrogens (tertiary/aromatic N) is 7. The zero-order valence-electron chi connectivity index (χ0n) is 58.3. The highest BCUT2D eigenvalue weighted by Gasteiger charge is 2.47. The van der Waals surface area contributed by atoms with Crippen LogP contribution >= 0.6 is 11.6 Å². The first-order valence-corrected chi connectivity index (χ1v) is 33.5. The van der Waals surface area contributed by atoms with E-state index >= 15 is 0 Å². The number of carbonyl (C=O) groups is 11. The maximum Gasteiger partial charge on any atom is 0.417 e. The molecule has 22 nitrogen and oxygen atoms in total. The van der Waals surface area contributed by atoms with Crippen LogP contribution < -0.4 is 21.3 Å². The number of rotatable bonds is 13. The highest BCUT2D eigenvalue weighted by Crippen LogP contribution is 2.36. The van der Waals surface area contributed by atoms with Crippen LogP contribution in [0.2, 0.25) is 5.02 Å². The van der Waals surface area contributed by atoms with Gasteiger partial charge in [0.15, 0.2) is 0 Å². The van der Waals surface area contributed by atoms with E-state index in [0.29, 0.717) is 6.42 Å². The fourth-order valence-electron chi connectivity index (χ4n) is 12.2. The van der Waals surface area contributed by atoms with E-state index in [9.17, 15) is 65.9 Å². The first-order chi connectivity index (χ1) is 43.2. The Kier molecular flexibility index (Phi) is 29.0. The van der Waals surface area contributed by atoms with Gasteiger partial charge in [0.1, 0.15) is 53.9 Å². The lowest BCUT2D eigenvalue weighted by atomic mass is 9.84. The summed E-state index contributed by atoms with van der Waals surface area (Å²) in [5.41, 5.74) is -2.49. The summed E-state index contributed by atoms with van der Waals surface area (Å²) in [7, 11) is 8.65. The van der Waals surface area contributed by atoms with Crippen molar-refractivity contribution in [3.63, 3.8) is 0 Å². The summed E-state index contributed by atoms with van der Waals surface area (Å²) in [6.07, 6.45) is 0.334. The molecule has 1 aromatic carbocycles. The minimum atomic E-state index is -4.76. The van der Waals surface area contributed by atoms with Crippen LogP contribution in [0, 0.1) is 29.6 Å². The van der Waals surface area contributed by atoms with Gasteiger partial charge in [-0.2, -0.15) is 13.2 Å². The summed E-state index contributed by atoms with van der Waals surface area (Å²) in [6, 6.07) is -7.11. The molecule has 4 rings (SSSR count). The number of carbonyl (C=O) groups excluding carboxylic acids is 11. The Morgan fingerprint density at radius 1 is 0.624 bits per heavy atom. The molecule has 26 heteroatoms. The van der Waals surface area contributed by atoms with E-state index in [2.05, 4.69) is 21.3 Å². The molecule has 2 saturated heterocycles. The average Bonchev–Trinajstić information content (AvgIpc) is 0.810. The Morgan fingerprint density at radius 2 is 1.20 bits per heavy atom. The number of alkyl halides is 3. The summed E-state index contributed by atoms with van der Waals surface area (Å²) < 4.78 is 41.3. The lowest BCUT2D eigenvalue weighted by Crippen LogP contribution is -2.65. The molecule has 0 spiro atoms. The summed E-state index contributed by atoms with van der Waals surface area (Å²) in [4.78, 5) is 170. The number of amides is 11. The van der Waals surface area contributed by atoms with Crippen LogP contribution in [-0.2, 0) is 65.3 Å². The molecule has 2 heterocycles. The van der Waals surface area contributed by atoms with Gasteiger partial charge in [-0.05, 0) is 120 Å². The Balaban J connectivity index is 1.85. The molecule has 0 aromatic heterocycles. The number of hydrogen-bond acceptors (Lipinski definition) is 11. The molecule has 2 aliphatic heterocycles. The predicted octanol–water partition coefficient (Wildman–Crippen LogP) is 6.43. The second-order valence-corrected chi connectivity index (χ2v) is 28.6. The van der Waals surface area contributed by atoms with Crippen LogP contribution in [0.15, 0.2) is 18.2 Å². The Labute approximate surface area is 554 Å². The standard InChI is InChI=1S/C67H107ClF3N11O11/c1-19-41(8)56-64(92)78(15)43(10)59(87)82-30-29-51(82)63(91)80(17)53(36-44-23-21-20-22-24-44)62(90)76(13)37-54(83)72-48(28-26-45-25-27-46(47(68)35-45)67(69,70)71)57(85)73-50(32-39(4)5)61(89)81(18)66(11,12)65(93)74-49(31-38(2)3)60(88)77(14)42(9)34-55(84)79(16)52(33-40(6)7)58(86)75-56/h25,27,35,38-44,48-53,56H,19-24,26,28-34,36-37H2,1-18H3,(H,72,83)(H,73,85)(H,74,93)(H,75,86)/t41-,42+,43-,48-,49-,50-,51?,52-,53-,56-/m0/s1. The highest BCUT2D eigenvalue weighted by molar-refractivity contribution is 6.31. The molecule has 3 fully saturated rings. The zero-order chi connectivity index (χ0) is 70.5. The Bertz CT molecular complexity index is 2830. The number of nitrogens with one attached hydrogen (secondary N) is 4. The van der Waals surface area contributed by atoms with E-state index in [0.717, 1.165) is 54.0 Å². The minimum Gasteiger partial charge on any atom is -0.343 e. The van der Waals surface area contributed by atoms with Crippen molar-refractivity contribution in [2.75, 3.05) is 55.4 Å². The Hall–Kier alpha value is -6.53. The molecule has 1 aliphatic carbocycles. The van der Waals surface area contributed by atoms with Crippen molar-refractivity contribution >= 4 is 76.6 Å². The number of hydrogen-bond donors (Lipinski definition) is 4. The maximum atomic E-state index is 14.9. The number of likely N-dealkylation sites (N-methyl/N-ethyl adjacent to an activating group) is 6. The molecule has 0 radical (unpaired) electrons. The Morgan fingerprint density at radius 3 is 1.73 bits per heavy atom. The summed E-state index contributed by atoms with van der Waals surface area (Å²) in [6.45, 7) is 20.4. The van der Waals surface area contributed by atoms with Crippen LogP contribution in [0.1, 0.15) is 178 Å². The van der Waals surface area contributed by atoms with Crippen molar-refractivity contribution in [3.8, 4) is 0 Å². The smallest absolute Gasteiger partial charge is 0.343 e. The van der Waals surface area contributed by atoms with Crippen molar-refractivity contribution in [2.45, 2.75) is 239 Å². The zero-order valence-corrected chi connectivity index (χ0v) is 59.0. The number of halogens is 4. The third kappa shape index (κ3) is 21.0. The SMILES string of the molecule is CC[C@H](C)[C@@H]1NC(=O)[C@H](CC(C)C)N(C)C(=O)C[C@@H](C)N(C)C(=O)[C@H](CC(C)C)NC(=O)C(C)(C)N(C)C(=O)[C@H](CC(C)C)NC(=O)[C@H](CCc2ccc(C(F)(F)F)c(Cl)c2)NC(=O)CN(C)C(=O)[C@H](CC2CCCCC2)N(C)C(=O)C2CCN2C(=O)[C@H](C)N(C)C1=O. The van der Waals surface area contributed by atoms with Crippen molar-refractivity contribution in [3.05, 3.63) is 34.3 Å². The molecule has 1 unspecified atom stereocenters. The molecule has 1 aromatic rings. The molecule has 524 valence electrons.